The molecule has 0 amide bonds. The molecular formula is C21H19ClO5. The van der Waals surface area contributed by atoms with Crippen LogP contribution in [0.3, 0.4) is 0 Å². The maximum absolute atomic E-state index is 13.1. The first-order valence-corrected chi connectivity index (χ1v) is 9.12. The lowest BCUT2D eigenvalue weighted by Crippen LogP contribution is -2.09. The maximum atomic E-state index is 13.1. The van der Waals surface area contributed by atoms with E-state index in [-0.39, 0.29) is 34.3 Å². The third kappa shape index (κ3) is 3.69. The van der Waals surface area contributed by atoms with Crippen LogP contribution >= 0.6 is 11.6 Å². The Bertz CT molecular complexity index is 996. The van der Waals surface area contributed by atoms with Gasteiger partial charge in [-0.25, -0.2) is 0 Å². The van der Waals surface area contributed by atoms with Crippen LogP contribution in [0.1, 0.15) is 48.4 Å². The van der Waals surface area contributed by atoms with Crippen molar-refractivity contribution in [2.24, 2.45) is 0 Å². The number of phenolic OH excluding ortho intramolecular Hbond substituents is 1. The molecule has 0 bridgehead atoms. The molecule has 0 aliphatic heterocycles. The number of rotatable bonds is 6. The van der Waals surface area contributed by atoms with Crippen molar-refractivity contribution < 1.29 is 23.8 Å². The first-order valence-electron chi connectivity index (χ1n) is 8.74. The molecule has 0 saturated carbocycles. The van der Waals surface area contributed by atoms with Gasteiger partial charge < -0.3 is 14.3 Å². The molecule has 2 aromatic carbocycles. The molecule has 0 radical (unpaired) electrons. The van der Waals surface area contributed by atoms with E-state index in [1.165, 1.54) is 12.1 Å². The Morgan fingerprint density at radius 2 is 1.93 bits per heavy atom. The second-order valence-electron chi connectivity index (χ2n) is 6.11. The van der Waals surface area contributed by atoms with Crippen molar-refractivity contribution in [3.63, 3.8) is 0 Å². The standard InChI is InChI=1S/C21H19ClO5/c1-3-7-18(24)27-21-14(22)10-12(11-15(21)23)20(25)19-13-8-5-6-9-17(13)26-16(19)4-2/h5-6,8-11,23H,3-4,7H2,1-2H3. The van der Waals surface area contributed by atoms with Crippen molar-refractivity contribution >= 4 is 34.3 Å². The minimum Gasteiger partial charge on any atom is -0.504 e. The number of carbonyl (C=O) groups excluding carboxylic acids is 2. The van der Waals surface area contributed by atoms with Gasteiger partial charge in [-0.2, -0.15) is 0 Å². The number of aryl methyl sites for hydroxylation is 1. The average molecular weight is 387 g/mol. The molecule has 0 aliphatic rings. The van der Waals surface area contributed by atoms with E-state index in [0.29, 0.717) is 35.1 Å². The SMILES string of the molecule is CCCC(=O)Oc1c(O)cc(C(=O)c2c(CC)oc3ccccc23)cc1Cl. The Kier molecular flexibility index (Phi) is 5.51. The van der Waals surface area contributed by atoms with Crippen LogP contribution in [0.15, 0.2) is 40.8 Å². The van der Waals surface area contributed by atoms with E-state index in [1.807, 2.05) is 32.0 Å². The van der Waals surface area contributed by atoms with E-state index in [1.54, 1.807) is 6.07 Å². The van der Waals surface area contributed by atoms with Gasteiger partial charge in [0.2, 0.25) is 0 Å². The van der Waals surface area contributed by atoms with E-state index in [2.05, 4.69) is 0 Å². The smallest absolute Gasteiger partial charge is 0.311 e. The zero-order chi connectivity index (χ0) is 19.6. The summed E-state index contributed by atoms with van der Waals surface area (Å²) in [5, 5.41) is 10.9. The lowest BCUT2D eigenvalue weighted by molar-refractivity contribution is -0.134. The average Bonchev–Trinajstić information content (AvgIpc) is 3.02. The van der Waals surface area contributed by atoms with Crippen LogP contribution in [0, 0.1) is 0 Å². The molecule has 0 saturated heterocycles. The van der Waals surface area contributed by atoms with Crippen LogP contribution < -0.4 is 4.74 Å². The minimum atomic E-state index is -0.497. The number of phenols is 1. The van der Waals surface area contributed by atoms with E-state index >= 15 is 0 Å². The van der Waals surface area contributed by atoms with Gasteiger partial charge in [-0.15, -0.1) is 0 Å². The zero-order valence-corrected chi connectivity index (χ0v) is 15.8. The summed E-state index contributed by atoms with van der Waals surface area (Å²) in [6, 6.07) is 9.92. The fourth-order valence-electron chi connectivity index (χ4n) is 2.92. The molecule has 5 nitrogen and oxygen atoms in total. The van der Waals surface area contributed by atoms with Crippen LogP contribution in [0.25, 0.3) is 11.0 Å². The number of halogens is 1. The monoisotopic (exact) mass is 386 g/mol. The molecule has 6 heteroatoms. The van der Waals surface area contributed by atoms with Gasteiger partial charge in [0.25, 0.3) is 0 Å². The number of para-hydroxylation sites is 1. The number of hydrogen-bond acceptors (Lipinski definition) is 5. The highest BCUT2D eigenvalue weighted by atomic mass is 35.5. The summed E-state index contributed by atoms with van der Waals surface area (Å²) < 4.78 is 10.9. The summed E-state index contributed by atoms with van der Waals surface area (Å²) in [6.45, 7) is 3.74. The van der Waals surface area contributed by atoms with Crippen LogP contribution in [-0.2, 0) is 11.2 Å². The first-order chi connectivity index (χ1) is 13.0. The van der Waals surface area contributed by atoms with E-state index in [4.69, 9.17) is 20.8 Å². The topological polar surface area (TPSA) is 76.7 Å². The molecular weight excluding hydrogens is 368 g/mol. The van der Waals surface area contributed by atoms with Crippen molar-refractivity contribution in [2.45, 2.75) is 33.1 Å². The van der Waals surface area contributed by atoms with E-state index < -0.39 is 5.97 Å². The van der Waals surface area contributed by atoms with E-state index in [0.717, 1.165) is 0 Å². The van der Waals surface area contributed by atoms with Crippen molar-refractivity contribution in [1.82, 2.24) is 0 Å². The largest absolute Gasteiger partial charge is 0.504 e. The number of fused-ring (bicyclic) bond motifs is 1. The van der Waals surface area contributed by atoms with Gasteiger partial charge in [-0.05, 0) is 24.6 Å². The number of ether oxygens (including phenoxy) is 1. The Balaban J connectivity index is 2.03. The Labute approximate surface area is 161 Å². The molecule has 0 atom stereocenters. The summed E-state index contributed by atoms with van der Waals surface area (Å²) >= 11 is 6.16. The number of ketones is 1. The Morgan fingerprint density at radius 3 is 2.59 bits per heavy atom. The highest BCUT2D eigenvalue weighted by molar-refractivity contribution is 6.33. The highest BCUT2D eigenvalue weighted by Crippen LogP contribution is 2.37. The van der Waals surface area contributed by atoms with Crippen LogP contribution in [0.4, 0.5) is 0 Å². The van der Waals surface area contributed by atoms with Crippen LogP contribution in [-0.4, -0.2) is 16.9 Å². The summed E-state index contributed by atoms with van der Waals surface area (Å²) in [5.74, 6) is -0.751. The summed E-state index contributed by atoms with van der Waals surface area (Å²) in [7, 11) is 0. The minimum absolute atomic E-state index is 0.00588. The molecule has 140 valence electrons. The lowest BCUT2D eigenvalue weighted by atomic mass is 9.99. The first kappa shape index (κ1) is 19.0. The quantitative estimate of drug-likeness (QED) is 0.354. The van der Waals surface area contributed by atoms with Gasteiger partial charge in [0.1, 0.15) is 11.3 Å². The predicted octanol–water partition coefficient (Wildman–Crippen LogP) is 5.29. The lowest BCUT2D eigenvalue weighted by Gasteiger charge is -2.10. The summed E-state index contributed by atoms with van der Waals surface area (Å²) in [6.07, 6.45) is 1.36. The highest BCUT2D eigenvalue weighted by Gasteiger charge is 2.23. The van der Waals surface area contributed by atoms with Gasteiger partial charge in [-0.1, -0.05) is 43.6 Å². The molecule has 27 heavy (non-hydrogen) atoms. The molecule has 0 spiro atoms. The number of carbonyl (C=O) groups is 2. The van der Waals surface area contributed by atoms with Crippen molar-refractivity contribution in [3.8, 4) is 11.5 Å². The van der Waals surface area contributed by atoms with Crippen LogP contribution in [0.2, 0.25) is 5.02 Å². The number of benzene rings is 2. The third-order valence-electron chi connectivity index (χ3n) is 4.17. The Hall–Kier alpha value is -2.79. The molecule has 0 unspecified atom stereocenters. The zero-order valence-electron chi connectivity index (χ0n) is 15.0. The molecule has 1 N–H and O–H groups in total. The molecule has 3 rings (SSSR count). The van der Waals surface area contributed by atoms with E-state index in [9.17, 15) is 14.7 Å². The van der Waals surface area contributed by atoms with Gasteiger partial charge >= 0.3 is 5.97 Å². The van der Waals surface area contributed by atoms with Gasteiger partial charge in [0.05, 0.1) is 10.6 Å². The molecule has 1 heterocycles. The number of hydrogen-bond donors (Lipinski definition) is 1. The fourth-order valence-corrected chi connectivity index (χ4v) is 3.17. The second kappa shape index (κ2) is 7.84. The predicted molar refractivity (Wildman–Crippen MR) is 103 cm³/mol. The van der Waals surface area contributed by atoms with Gasteiger partial charge in [0.15, 0.2) is 17.3 Å². The molecule has 0 fully saturated rings. The Morgan fingerprint density at radius 1 is 1.19 bits per heavy atom. The molecule has 0 aliphatic carbocycles. The normalized spacial score (nSPS) is 10.9. The van der Waals surface area contributed by atoms with Crippen molar-refractivity contribution in [1.29, 1.82) is 0 Å². The van der Waals surface area contributed by atoms with Crippen LogP contribution in [0.5, 0.6) is 11.5 Å². The fraction of sp³-hybridized carbons (Fsp3) is 0.238. The maximum Gasteiger partial charge on any atom is 0.311 e. The number of esters is 1. The van der Waals surface area contributed by atoms with Gasteiger partial charge in [0, 0.05) is 23.8 Å². The summed E-state index contributed by atoms with van der Waals surface area (Å²) in [5.41, 5.74) is 1.26. The molecule has 3 aromatic rings. The second-order valence-corrected chi connectivity index (χ2v) is 6.52. The number of furan rings is 1. The molecule has 1 aromatic heterocycles. The van der Waals surface area contributed by atoms with Gasteiger partial charge in [-0.3, -0.25) is 9.59 Å². The van der Waals surface area contributed by atoms with Crippen molar-refractivity contribution in [2.75, 3.05) is 0 Å². The van der Waals surface area contributed by atoms with Crippen molar-refractivity contribution in [3.05, 3.63) is 58.3 Å². The third-order valence-corrected chi connectivity index (χ3v) is 4.45. The number of aromatic hydroxyl groups is 1. The summed E-state index contributed by atoms with van der Waals surface area (Å²) in [4.78, 5) is 24.8.